The van der Waals surface area contributed by atoms with Crippen LogP contribution >= 0.6 is 0 Å². The maximum absolute atomic E-state index is 12.4. The molecular formula is C26H39NO6. The van der Waals surface area contributed by atoms with Crippen molar-refractivity contribution in [2.24, 2.45) is 23.2 Å². The van der Waals surface area contributed by atoms with Gasteiger partial charge in [-0.25, -0.2) is 4.79 Å². The van der Waals surface area contributed by atoms with Gasteiger partial charge in [-0.05, 0) is 84.5 Å². The highest BCUT2D eigenvalue weighted by Crippen LogP contribution is 2.62. The van der Waals surface area contributed by atoms with Gasteiger partial charge in [0.1, 0.15) is 11.3 Å². The molecule has 1 aromatic carbocycles. The summed E-state index contributed by atoms with van der Waals surface area (Å²) in [5, 5.41) is 41.4. The molecule has 3 aliphatic rings. The highest BCUT2D eigenvalue weighted by molar-refractivity contribution is 5.71. The standard InChI is InChI=1S/C26H39NO6/c1-3-4-16-11-17-12-18(33-24(32)27-26(13-28,14-29)15-30)5-6-19(17)20-9-10-25(2)21(23(16)20)7-8-22(25)31/h5-6,12,16,20-23,28-31H,3-4,7-11,13-15H2,1-2H3,(H,27,32)/t16-,20-,21+,22+,23-,25+/m1/s1. The minimum absolute atomic E-state index is 0.0322. The molecule has 0 bridgehead atoms. The molecule has 4 rings (SSSR count). The average Bonchev–Trinajstić information content (AvgIpc) is 3.12. The largest absolute Gasteiger partial charge is 0.413 e. The Kier molecular flexibility index (Phi) is 7.06. The van der Waals surface area contributed by atoms with Crippen LogP contribution in [-0.4, -0.2) is 58.0 Å². The van der Waals surface area contributed by atoms with Crippen LogP contribution in [0.25, 0.3) is 0 Å². The van der Waals surface area contributed by atoms with Gasteiger partial charge in [-0.1, -0.05) is 32.8 Å². The van der Waals surface area contributed by atoms with Gasteiger partial charge in [0.2, 0.25) is 0 Å². The number of nitrogens with one attached hydrogen (secondary N) is 1. The average molecular weight is 462 g/mol. The minimum atomic E-state index is -1.52. The fourth-order valence-corrected chi connectivity index (χ4v) is 7.07. The molecule has 0 unspecified atom stereocenters. The van der Waals surface area contributed by atoms with Crippen molar-refractivity contribution in [2.45, 2.75) is 76.4 Å². The van der Waals surface area contributed by atoms with E-state index in [0.717, 1.165) is 44.9 Å². The van der Waals surface area contributed by atoms with Crippen LogP contribution in [-0.2, 0) is 6.42 Å². The van der Waals surface area contributed by atoms with Crippen LogP contribution in [0.5, 0.6) is 5.75 Å². The number of amides is 1. The van der Waals surface area contributed by atoms with Crippen molar-refractivity contribution in [3.8, 4) is 5.75 Å². The first-order valence-corrected chi connectivity index (χ1v) is 12.4. The van der Waals surface area contributed by atoms with E-state index >= 15 is 0 Å². The van der Waals surface area contributed by atoms with Crippen molar-refractivity contribution in [3.05, 3.63) is 29.3 Å². The molecule has 0 heterocycles. The van der Waals surface area contributed by atoms with Crippen molar-refractivity contribution >= 4 is 6.09 Å². The summed E-state index contributed by atoms with van der Waals surface area (Å²) in [5.41, 5.74) is 1.08. The first-order chi connectivity index (χ1) is 15.8. The van der Waals surface area contributed by atoms with Gasteiger partial charge in [-0.2, -0.15) is 0 Å². The zero-order valence-corrected chi connectivity index (χ0v) is 19.8. The topological polar surface area (TPSA) is 119 Å². The molecule has 7 nitrogen and oxygen atoms in total. The molecule has 1 aromatic rings. The number of hydrogen-bond donors (Lipinski definition) is 5. The molecule has 2 fully saturated rings. The molecule has 0 aromatic heterocycles. The molecule has 6 atom stereocenters. The molecule has 5 N–H and O–H groups in total. The predicted molar refractivity (Wildman–Crippen MR) is 124 cm³/mol. The Balaban J connectivity index is 1.56. The predicted octanol–water partition coefficient (Wildman–Crippen LogP) is 2.73. The van der Waals surface area contributed by atoms with Crippen LogP contribution in [0.4, 0.5) is 4.79 Å². The second-order valence-electron chi connectivity index (χ2n) is 10.8. The molecule has 33 heavy (non-hydrogen) atoms. The fraction of sp³-hybridized carbons (Fsp3) is 0.731. The summed E-state index contributed by atoms with van der Waals surface area (Å²) in [5.74, 6) is 2.59. The number of aliphatic hydroxyl groups excluding tert-OH is 4. The number of ether oxygens (including phenoxy) is 1. The first kappa shape index (κ1) is 24.5. The molecule has 7 heteroatoms. The number of benzene rings is 1. The molecule has 0 saturated heterocycles. The number of rotatable bonds is 7. The van der Waals surface area contributed by atoms with Gasteiger partial charge >= 0.3 is 6.09 Å². The van der Waals surface area contributed by atoms with Crippen LogP contribution in [0.3, 0.4) is 0 Å². The molecular weight excluding hydrogens is 422 g/mol. The SMILES string of the molecule is CCC[C@@H]1Cc2cc(OC(=O)NC(CO)(CO)CO)ccc2[C@H]2CC[C@]3(C)[C@@H](O)CC[C@H]3[C@H]12. The summed E-state index contributed by atoms with van der Waals surface area (Å²) in [6.45, 7) is 2.72. The minimum Gasteiger partial charge on any atom is -0.410 e. The third-order valence-corrected chi connectivity index (χ3v) is 8.97. The van der Waals surface area contributed by atoms with Gasteiger partial charge in [0.15, 0.2) is 0 Å². The smallest absolute Gasteiger partial charge is 0.410 e. The summed E-state index contributed by atoms with van der Waals surface area (Å²) in [6.07, 6.45) is 6.36. The monoisotopic (exact) mass is 461 g/mol. The Morgan fingerprint density at radius 2 is 1.91 bits per heavy atom. The van der Waals surface area contributed by atoms with E-state index in [0.29, 0.717) is 29.4 Å². The third-order valence-electron chi connectivity index (χ3n) is 8.97. The Bertz CT molecular complexity index is 847. The maximum atomic E-state index is 12.4. The summed E-state index contributed by atoms with van der Waals surface area (Å²) < 4.78 is 5.46. The lowest BCUT2D eigenvalue weighted by atomic mass is 9.52. The molecule has 2 saturated carbocycles. The summed E-state index contributed by atoms with van der Waals surface area (Å²) in [7, 11) is 0. The van der Waals surface area contributed by atoms with E-state index in [-0.39, 0.29) is 11.5 Å². The molecule has 1 amide bonds. The lowest BCUT2D eigenvalue weighted by Gasteiger charge is -2.53. The zero-order valence-electron chi connectivity index (χ0n) is 19.8. The summed E-state index contributed by atoms with van der Waals surface area (Å²) in [6, 6.07) is 5.85. The normalized spacial score (nSPS) is 33.1. The van der Waals surface area contributed by atoms with Crippen LogP contribution in [0.1, 0.15) is 69.4 Å². The van der Waals surface area contributed by atoms with E-state index in [9.17, 15) is 25.2 Å². The molecule has 0 aliphatic heterocycles. The summed E-state index contributed by atoms with van der Waals surface area (Å²) >= 11 is 0. The summed E-state index contributed by atoms with van der Waals surface area (Å²) in [4.78, 5) is 12.4. The van der Waals surface area contributed by atoms with Gasteiger partial charge in [-0.15, -0.1) is 0 Å². The van der Waals surface area contributed by atoms with E-state index in [4.69, 9.17) is 4.74 Å². The number of fused-ring (bicyclic) bond motifs is 5. The molecule has 0 spiro atoms. The van der Waals surface area contributed by atoms with Crippen molar-refractivity contribution in [3.63, 3.8) is 0 Å². The molecule has 184 valence electrons. The van der Waals surface area contributed by atoms with Crippen molar-refractivity contribution in [2.75, 3.05) is 19.8 Å². The van der Waals surface area contributed by atoms with E-state index in [1.54, 1.807) is 0 Å². The van der Waals surface area contributed by atoms with Gasteiger partial charge in [0.25, 0.3) is 0 Å². The highest BCUT2D eigenvalue weighted by Gasteiger charge is 2.56. The third kappa shape index (κ3) is 4.29. The fourth-order valence-electron chi connectivity index (χ4n) is 7.07. The number of hydrogen-bond acceptors (Lipinski definition) is 6. The highest BCUT2D eigenvalue weighted by atomic mass is 16.6. The Morgan fingerprint density at radius 1 is 1.18 bits per heavy atom. The van der Waals surface area contributed by atoms with Crippen molar-refractivity contribution in [1.82, 2.24) is 5.32 Å². The maximum Gasteiger partial charge on any atom is 0.413 e. The second-order valence-corrected chi connectivity index (χ2v) is 10.8. The van der Waals surface area contributed by atoms with E-state index < -0.39 is 31.5 Å². The Hall–Kier alpha value is -1.67. The quantitative estimate of drug-likeness (QED) is 0.426. The van der Waals surface area contributed by atoms with Crippen molar-refractivity contribution < 1.29 is 30.0 Å². The van der Waals surface area contributed by atoms with Crippen LogP contribution in [0.15, 0.2) is 18.2 Å². The lowest BCUT2D eigenvalue weighted by molar-refractivity contribution is -0.0394. The first-order valence-electron chi connectivity index (χ1n) is 12.4. The van der Waals surface area contributed by atoms with E-state index in [1.165, 1.54) is 11.1 Å². The van der Waals surface area contributed by atoms with Gasteiger partial charge in [0, 0.05) is 0 Å². The molecule has 0 radical (unpaired) electrons. The lowest BCUT2D eigenvalue weighted by Crippen LogP contribution is -2.57. The zero-order chi connectivity index (χ0) is 23.8. The number of carbonyl (C=O) groups excluding carboxylic acids is 1. The second kappa shape index (κ2) is 9.53. The van der Waals surface area contributed by atoms with Crippen LogP contribution in [0, 0.1) is 23.2 Å². The van der Waals surface area contributed by atoms with Crippen molar-refractivity contribution in [1.29, 1.82) is 0 Å². The van der Waals surface area contributed by atoms with Crippen LogP contribution in [0.2, 0.25) is 0 Å². The van der Waals surface area contributed by atoms with Crippen LogP contribution < -0.4 is 10.1 Å². The Morgan fingerprint density at radius 3 is 2.58 bits per heavy atom. The van der Waals surface area contributed by atoms with E-state index in [2.05, 4.69) is 25.2 Å². The Labute approximate surface area is 196 Å². The van der Waals surface area contributed by atoms with Gasteiger partial charge in [0.05, 0.1) is 25.9 Å². The number of aliphatic hydroxyl groups is 4. The van der Waals surface area contributed by atoms with Gasteiger partial charge in [-0.3, -0.25) is 0 Å². The van der Waals surface area contributed by atoms with E-state index in [1.807, 2.05) is 12.1 Å². The molecule has 3 aliphatic carbocycles. The van der Waals surface area contributed by atoms with Gasteiger partial charge < -0.3 is 30.5 Å². The number of carbonyl (C=O) groups is 1.